The lowest BCUT2D eigenvalue weighted by Crippen LogP contribution is -2.74. The summed E-state index contributed by atoms with van der Waals surface area (Å²) in [7, 11) is -2.78. The lowest BCUT2D eigenvalue weighted by atomic mass is 10.1. The van der Waals surface area contributed by atoms with Gasteiger partial charge in [0.2, 0.25) is 0 Å². The molecule has 0 radical (unpaired) electrons. The van der Waals surface area contributed by atoms with Crippen LogP contribution >= 0.6 is 0 Å². The molecule has 2 heterocycles. The molecule has 10 rings (SSSR count). The zero-order valence-corrected chi connectivity index (χ0v) is 30.3. The molecule has 54 heavy (non-hydrogen) atoms. The van der Waals surface area contributed by atoms with Gasteiger partial charge in [-0.15, -0.1) is 0 Å². The molecule has 5 heteroatoms. The van der Waals surface area contributed by atoms with Crippen LogP contribution in [0.2, 0.25) is 0 Å². The van der Waals surface area contributed by atoms with Gasteiger partial charge in [-0.1, -0.05) is 176 Å². The lowest BCUT2D eigenvalue weighted by molar-refractivity contribution is 0.669. The van der Waals surface area contributed by atoms with E-state index in [9.17, 15) is 0 Å². The zero-order valence-electron chi connectivity index (χ0n) is 29.3. The van der Waals surface area contributed by atoms with E-state index in [1.165, 1.54) is 26.1 Å². The molecular formula is C49H33N3OSi. The summed E-state index contributed by atoms with van der Waals surface area (Å²) >= 11 is 0. The summed E-state index contributed by atoms with van der Waals surface area (Å²) in [6.45, 7) is 0. The third kappa shape index (κ3) is 5.41. The van der Waals surface area contributed by atoms with Gasteiger partial charge in [-0.25, -0.2) is 15.0 Å². The lowest BCUT2D eigenvalue weighted by Gasteiger charge is -2.34. The van der Waals surface area contributed by atoms with Crippen LogP contribution < -0.4 is 20.7 Å². The average Bonchev–Trinajstić information content (AvgIpc) is 3.63. The van der Waals surface area contributed by atoms with Crippen molar-refractivity contribution in [2.75, 3.05) is 0 Å². The predicted octanol–water partition coefficient (Wildman–Crippen LogP) is 9.30. The smallest absolute Gasteiger partial charge is 0.179 e. The molecule has 254 valence electrons. The monoisotopic (exact) mass is 707 g/mol. The van der Waals surface area contributed by atoms with E-state index in [2.05, 4.69) is 176 Å². The summed E-state index contributed by atoms with van der Waals surface area (Å²) < 4.78 is 6.31. The fourth-order valence-corrected chi connectivity index (χ4v) is 12.7. The van der Waals surface area contributed by atoms with Crippen LogP contribution in [0.25, 0.3) is 66.9 Å². The largest absolute Gasteiger partial charge is 0.456 e. The summed E-state index contributed by atoms with van der Waals surface area (Å²) in [5, 5.41) is 9.64. The first-order valence-corrected chi connectivity index (χ1v) is 20.2. The van der Waals surface area contributed by atoms with Crippen molar-refractivity contribution < 1.29 is 4.42 Å². The van der Waals surface area contributed by atoms with E-state index in [1.807, 2.05) is 24.3 Å². The molecule has 10 aromatic rings. The molecule has 0 bridgehead atoms. The second-order valence-corrected chi connectivity index (χ2v) is 17.4. The summed E-state index contributed by atoms with van der Waals surface area (Å²) in [6, 6.07) is 70.9. The van der Waals surface area contributed by atoms with Gasteiger partial charge in [0.1, 0.15) is 11.2 Å². The van der Waals surface area contributed by atoms with Crippen molar-refractivity contribution in [1.82, 2.24) is 15.0 Å². The molecule has 0 amide bonds. The van der Waals surface area contributed by atoms with Gasteiger partial charge >= 0.3 is 0 Å². The minimum Gasteiger partial charge on any atom is -0.456 e. The topological polar surface area (TPSA) is 51.8 Å². The van der Waals surface area contributed by atoms with Crippen molar-refractivity contribution in [3.63, 3.8) is 0 Å². The van der Waals surface area contributed by atoms with Crippen LogP contribution in [0, 0.1) is 0 Å². The number of rotatable bonds is 7. The van der Waals surface area contributed by atoms with Crippen molar-refractivity contribution in [2.24, 2.45) is 0 Å². The standard InChI is InChI=1S/C49H33N3OSi/c1-4-18-39(19-5-1)54(40-20-6-2-7-21-40,41-22-8-3-9-23-41)42-24-14-17-36(32-42)47-50-48(37-28-27-34-15-10-11-16-35(34)31-37)52-49(51-47)38-29-30-44-43-25-12-13-26-45(43)53-46(44)33-38/h1-33H. The Kier molecular flexibility index (Phi) is 7.78. The average molecular weight is 708 g/mol. The summed E-state index contributed by atoms with van der Waals surface area (Å²) in [4.78, 5) is 15.6. The van der Waals surface area contributed by atoms with E-state index < -0.39 is 8.07 Å². The van der Waals surface area contributed by atoms with Crippen LogP contribution in [0.15, 0.2) is 205 Å². The van der Waals surface area contributed by atoms with Gasteiger partial charge in [0.25, 0.3) is 0 Å². The summed E-state index contributed by atoms with van der Waals surface area (Å²) in [5.74, 6) is 1.83. The van der Waals surface area contributed by atoms with Gasteiger partial charge in [0.05, 0.1) is 0 Å². The van der Waals surface area contributed by atoms with Crippen LogP contribution in [-0.2, 0) is 0 Å². The molecule has 0 N–H and O–H groups in total. The third-order valence-electron chi connectivity index (χ3n) is 10.5. The number of benzene rings is 8. The third-order valence-corrected chi connectivity index (χ3v) is 15.2. The molecule has 0 aliphatic carbocycles. The number of fused-ring (bicyclic) bond motifs is 4. The maximum atomic E-state index is 6.31. The van der Waals surface area contributed by atoms with E-state index in [0.717, 1.165) is 44.0 Å². The second kappa shape index (κ2) is 13.2. The van der Waals surface area contributed by atoms with Crippen LogP contribution in [-0.4, -0.2) is 23.0 Å². The fourth-order valence-electron chi connectivity index (χ4n) is 7.91. The minimum atomic E-state index is -2.78. The molecule has 0 spiro atoms. The number of para-hydroxylation sites is 1. The van der Waals surface area contributed by atoms with Crippen molar-refractivity contribution in [3.8, 4) is 34.2 Å². The van der Waals surface area contributed by atoms with Crippen LogP contribution in [0.4, 0.5) is 0 Å². The number of hydrogen-bond acceptors (Lipinski definition) is 4. The Bertz CT molecular complexity index is 2850. The Morgan fingerprint density at radius 1 is 0.315 bits per heavy atom. The Hall–Kier alpha value is -6.95. The van der Waals surface area contributed by atoms with E-state index in [4.69, 9.17) is 19.4 Å². The molecule has 0 aliphatic heterocycles. The predicted molar refractivity (Wildman–Crippen MR) is 225 cm³/mol. The van der Waals surface area contributed by atoms with Gasteiger partial charge in [-0.3, -0.25) is 0 Å². The zero-order chi connectivity index (χ0) is 35.9. The molecule has 2 aromatic heterocycles. The Labute approximate surface area is 314 Å². The van der Waals surface area contributed by atoms with Gasteiger partial charge in [0.15, 0.2) is 25.5 Å². The van der Waals surface area contributed by atoms with Crippen LogP contribution in [0.5, 0.6) is 0 Å². The highest BCUT2D eigenvalue weighted by Crippen LogP contribution is 2.33. The van der Waals surface area contributed by atoms with Gasteiger partial charge in [0, 0.05) is 27.5 Å². The summed E-state index contributed by atoms with van der Waals surface area (Å²) in [6.07, 6.45) is 0. The minimum absolute atomic E-state index is 0.591. The second-order valence-electron chi connectivity index (χ2n) is 13.6. The Morgan fingerprint density at radius 2 is 0.796 bits per heavy atom. The highest BCUT2D eigenvalue weighted by molar-refractivity contribution is 7.19. The first-order valence-electron chi connectivity index (χ1n) is 18.2. The molecule has 0 fully saturated rings. The molecular weight excluding hydrogens is 675 g/mol. The van der Waals surface area contributed by atoms with E-state index in [-0.39, 0.29) is 0 Å². The molecule has 0 atom stereocenters. The van der Waals surface area contributed by atoms with E-state index >= 15 is 0 Å². The van der Waals surface area contributed by atoms with Crippen molar-refractivity contribution in [3.05, 3.63) is 200 Å². The number of furan rings is 1. The number of aromatic nitrogens is 3. The molecule has 4 nitrogen and oxygen atoms in total. The van der Waals surface area contributed by atoms with E-state index in [0.29, 0.717) is 17.5 Å². The van der Waals surface area contributed by atoms with Gasteiger partial charge < -0.3 is 4.42 Å². The highest BCUT2D eigenvalue weighted by atomic mass is 28.3. The Morgan fingerprint density at radius 3 is 1.44 bits per heavy atom. The maximum Gasteiger partial charge on any atom is 0.179 e. The molecule has 0 saturated carbocycles. The first-order chi connectivity index (χ1) is 26.7. The quantitative estimate of drug-likeness (QED) is 0.122. The fraction of sp³-hybridized carbons (Fsp3) is 0. The van der Waals surface area contributed by atoms with Crippen molar-refractivity contribution in [1.29, 1.82) is 0 Å². The highest BCUT2D eigenvalue weighted by Gasteiger charge is 2.41. The molecule has 0 saturated heterocycles. The first kappa shape index (κ1) is 31.8. The molecule has 0 unspecified atom stereocenters. The van der Waals surface area contributed by atoms with E-state index in [1.54, 1.807) is 0 Å². The van der Waals surface area contributed by atoms with Crippen molar-refractivity contribution >= 4 is 61.5 Å². The SMILES string of the molecule is c1ccc([Si](c2ccccc2)(c2ccccc2)c2cccc(-c3nc(-c4ccc5ccccc5c4)nc(-c4ccc5c(c4)oc4ccccc45)n3)c2)cc1. The van der Waals surface area contributed by atoms with Gasteiger partial charge in [-0.05, 0) is 55.8 Å². The van der Waals surface area contributed by atoms with Crippen molar-refractivity contribution in [2.45, 2.75) is 0 Å². The molecule has 0 aliphatic rings. The maximum absolute atomic E-state index is 6.31. The number of nitrogens with zero attached hydrogens (tertiary/aromatic N) is 3. The number of hydrogen-bond donors (Lipinski definition) is 0. The van der Waals surface area contributed by atoms with Gasteiger partial charge in [-0.2, -0.15) is 0 Å². The molecule has 8 aromatic carbocycles. The summed E-state index contributed by atoms with van der Waals surface area (Å²) in [5.41, 5.74) is 4.39. The Balaban J connectivity index is 1.20. The van der Waals surface area contributed by atoms with Crippen LogP contribution in [0.1, 0.15) is 0 Å². The van der Waals surface area contributed by atoms with Crippen LogP contribution in [0.3, 0.4) is 0 Å². The normalized spacial score (nSPS) is 11.7.